The lowest BCUT2D eigenvalue weighted by Gasteiger charge is -2.29. The molecule has 1 aliphatic carbocycles. The van der Waals surface area contributed by atoms with Gasteiger partial charge >= 0.3 is 0 Å². The number of Topliss-reactive ketones (excluding diaryl/α,β-unsaturated/α-hetero) is 2. The summed E-state index contributed by atoms with van der Waals surface area (Å²) >= 11 is 6.05. The van der Waals surface area contributed by atoms with E-state index in [1.807, 2.05) is 24.3 Å². The van der Waals surface area contributed by atoms with Crippen LogP contribution in [0.5, 0.6) is 17.2 Å². The fourth-order valence-electron chi connectivity index (χ4n) is 5.46. The van der Waals surface area contributed by atoms with Crippen molar-refractivity contribution < 1.29 is 29.3 Å². The Morgan fingerprint density at radius 1 is 1.11 bits per heavy atom. The van der Waals surface area contributed by atoms with Gasteiger partial charge < -0.3 is 20.3 Å². The minimum atomic E-state index is -1.53. The van der Waals surface area contributed by atoms with E-state index in [-0.39, 0.29) is 45.4 Å². The maximum Gasteiger partial charge on any atom is 0.194 e. The number of phenolic OH excluding ortho intramolecular Hbond substituents is 2. The normalized spacial score (nSPS) is 20.5. The van der Waals surface area contributed by atoms with Crippen LogP contribution in [-0.2, 0) is 15.0 Å². The van der Waals surface area contributed by atoms with Gasteiger partial charge in [0.2, 0.25) is 0 Å². The molecule has 0 saturated heterocycles. The summed E-state index contributed by atoms with van der Waals surface area (Å²) in [7, 11) is 0. The number of ether oxygens (including phenoxy) is 1. The molecule has 2 atom stereocenters. The molecule has 2 aromatic rings. The second kappa shape index (κ2) is 9.95. The zero-order chi connectivity index (χ0) is 28.1. The molecule has 7 nitrogen and oxygen atoms in total. The first-order valence-corrected chi connectivity index (χ1v) is 13.0. The van der Waals surface area contributed by atoms with E-state index in [0.29, 0.717) is 23.2 Å². The fourth-order valence-corrected chi connectivity index (χ4v) is 5.59. The summed E-state index contributed by atoms with van der Waals surface area (Å²) < 4.78 is 5.81. The Hall–Kier alpha value is -3.58. The molecule has 0 saturated carbocycles. The molecule has 0 bridgehead atoms. The summed E-state index contributed by atoms with van der Waals surface area (Å²) in [6.07, 6.45) is 1.99. The Morgan fingerprint density at radius 3 is 2.32 bits per heavy atom. The molecule has 38 heavy (non-hydrogen) atoms. The molecule has 2 aromatic carbocycles. The molecule has 200 valence electrons. The molecule has 0 amide bonds. The van der Waals surface area contributed by atoms with Crippen LogP contribution in [0.3, 0.4) is 0 Å². The molecule has 2 aliphatic rings. The molecular weight excluding hydrogens is 506 g/mol. The third-order valence-electron chi connectivity index (χ3n) is 7.71. The second-order valence-electron chi connectivity index (χ2n) is 10.5. The van der Waals surface area contributed by atoms with Gasteiger partial charge in [0.15, 0.2) is 17.3 Å². The number of rotatable bonds is 7. The number of fused-ring (bicyclic) bond motifs is 3. The molecule has 1 heterocycles. The Balaban J connectivity index is 1.67. The number of allylic oxidation sites excluding steroid dienone is 4. The summed E-state index contributed by atoms with van der Waals surface area (Å²) in [5, 5.41) is 25.4. The highest BCUT2D eigenvalue weighted by Crippen LogP contribution is 2.57. The SMILES string of the molecule is CC(=O)c1c(O)c(C)c(O)c2c1OC1=CC(=O)C(=C(C)NCCC(c3ccc(Cl)cc3)C(C)C)C(=O)C12C. The van der Waals surface area contributed by atoms with E-state index in [1.165, 1.54) is 19.9 Å². The summed E-state index contributed by atoms with van der Waals surface area (Å²) in [5.41, 5.74) is 0.0330. The highest BCUT2D eigenvalue weighted by molar-refractivity contribution is 6.31. The van der Waals surface area contributed by atoms with Crippen molar-refractivity contribution in [1.82, 2.24) is 5.32 Å². The van der Waals surface area contributed by atoms with Crippen molar-refractivity contribution in [3.63, 3.8) is 0 Å². The number of hydrogen-bond donors (Lipinski definition) is 3. The maximum atomic E-state index is 13.9. The molecule has 0 spiro atoms. The lowest BCUT2D eigenvalue weighted by molar-refractivity contribution is -0.123. The summed E-state index contributed by atoms with van der Waals surface area (Å²) in [6, 6.07) is 7.76. The van der Waals surface area contributed by atoms with Crippen molar-refractivity contribution in [2.75, 3.05) is 6.54 Å². The van der Waals surface area contributed by atoms with E-state index in [2.05, 4.69) is 19.2 Å². The van der Waals surface area contributed by atoms with Gasteiger partial charge in [0.25, 0.3) is 0 Å². The monoisotopic (exact) mass is 537 g/mol. The lowest BCUT2D eigenvalue weighted by atomic mass is 9.70. The number of hydrogen-bond acceptors (Lipinski definition) is 7. The summed E-state index contributed by atoms with van der Waals surface area (Å²) in [4.78, 5) is 39.4. The van der Waals surface area contributed by atoms with Gasteiger partial charge in [-0.15, -0.1) is 0 Å². The zero-order valence-corrected chi connectivity index (χ0v) is 23.1. The predicted octanol–water partition coefficient (Wildman–Crippen LogP) is 5.64. The van der Waals surface area contributed by atoms with Crippen LogP contribution in [0.2, 0.25) is 5.02 Å². The van der Waals surface area contributed by atoms with E-state index >= 15 is 0 Å². The van der Waals surface area contributed by atoms with Crippen LogP contribution in [0.15, 0.2) is 47.4 Å². The third kappa shape index (κ3) is 4.29. The number of benzene rings is 2. The van der Waals surface area contributed by atoms with Gasteiger partial charge in [-0.3, -0.25) is 14.4 Å². The largest absolute Gasteiger partial charge is 0.507 e. The van der Waals surface area contributed by atoms with Gasteiger partial charge in [0, 0.05) is 28.9 Å². The van der Waals surface area contributed by atoms with Crippen molar-refractivity contribution in [1.29, 1.82) is 0 Å². The minimum absolute atomic E-state index is 0.0180. The topological polar surface area (TPSA) is 113 Å². The van der Waals surface area contributed by atoms with Gasteiger partial charge in [-0.1, -0.05) is 37.6 Å². The van der Waals surface area contributed by atoms with E-state index < -0.39 is 28.5 Å². The second-order valence-corrected chi connectivity index (χ2v) is 10.9. The van der Waals surface area contributed by atoms with Crippen LogP contribution >= 0.6 is 11.6 Å². The molecule has 8 heteroatoms. The first kappa shape index (κ1) is 27.5. The summed E-state index contributed by atoms with van der Waals surface area (Å²) in [6.45, 7) is 10.8. The predicted molar refractivity (Wildman–Crippen MR) is 145 cm³/mol. The molecule has 0 radical (unpaired) electrons. The van der Waals surface area contributed by atoms with Crippen molar-refractivity contribution in [3.8, 4) is 17.2 Å². The molecule has 0 aromatic heterocycles. The first-order chi connectivity index (χ1) is 17.8. The van der Waals surface area contributed by atoms with E-state index in [1.54, 1.807) is 13.8 Å². The maximum absolute atomic E-state index is 13.9. The van der Waals surface area contributed by atoms with Crippen molar-refractivity contribution >= 4 is 29.0 Å². The smallest absolute Gasteiger partial charge is 0.194 e. The Bertz CT molecular complexity index is 1420. The van der Waals surface area contributed by atoms with Gasteiger partial charge in [0.1, 0.15) is 34.0 Å². The van der Waals surface area contributed by atoms with E-state index in [0.717, 1.165) is 12.0 Å². The standard InChI is InChI=1S/C30H32ClNO6/c1-14(2)20(18-7-9-19(31)10-8-18)11-12-32-16(4)23-21(34)13-22-30(6,29(23)37)25-27(36)15(3)26(35)24(17(5)33)28(25)38-22/h7-10,13-14,20,32,35-36H,11-12H2,1-6H3. The van der Waals surface area contributed by atoms with Crippen LogP contribution in [0.4, 0.5) is 0 Å². The Kier molecular flexibility index (Phi) is 7.19. The van der Waals surface area contributed by atoms with Gasteiger partial charge in [-0.05, 0) is 63.6 Å². The number of carbonyl (C=O) groups excluding carboxylic acids is 3. The average Bonchev–Trinajstić information content (AvgIpc) is 3.13. The highest BCUT2D eigenvalue weighted by Gasteiger charge is 2.56. The quantitative estimate of drug-likeness (QED) is 0.238. The average molecular weight is 538 g/mol. The number of nitrogens with one attached hydrogen (secondary N) is 1. The number of ketones is 3. The van der Waals surface area contributed by atoms with Crippen LogP contribution in [0, 0.1) is 12.8 Å². The van der Waals surface area contributed by atoms with Crippen LogP contribution in [-0.4, -0.2) is 34.1 Å². The summed E-state index contributed by atoms with van der Waals surface area (Å²) in [5.74, 6) is -1.79. The number of carbonyl (C=O) groups is 3. The van der Waals surface area contributed by atoms with Gasteiger partial charge in [-0.2, -0.15) is 0 Å². The van der Waals surface area contributed by atoms with Crippen molar-refractivity contribution in [2.24, 2.45) is 5.92 Å². The highest BCUT2D eigenvalue weighted by atomic mass is 35.5. The van der Waals surface area contributed by atoms with Crippen LogP contribution in [0.25, 0.3) is 0 Å². The molecule has 4 rings (SSSR count). The molecule has 1 aliphatic heterocycles. The minimum Gasteiger partial charge on any atom is -0.507 e. The molecular formula is C30H32ClNO6. The molecule has 3 N–H and O–H groups in total. The van der Waals surface area contributed by atoms with Crippen molar-refractivity contribution in [2.45, 2.75) is 59.3 Å². The van der Waals surface area contributed by atoms with E-state index in [4.69, 9.17) is 16.3 Å². The zero-order valence-electron chi connectivity index (χ0n) is 22.4. The van der Waals surface area contributed by atoms with E-state index in [9.17, 15) is 24.6 Å². The number of phenols is 2. The van der Waals surface area contributed by atoms with Gasteiger partial charge in [0.05, 0.1) is 11.1 Å². The van der Waals surface area contributed by atoms with Crippen molar-refractivity contribution in [3.05, 3.63) is 74.6 Å². The third-order valence-corrected chi connectivity index (χ3v) is 7.96. The van der Waals surface area contributed by atoms with Gasteiger partial charge in [-0.25, -0.2) is 0 Å². The van der Waals surface area contributed by atoms with Crippen LogP contribution in [0.1, 0.15) is 74.0 Å². The molecule has 2 unspecified atom stereocenters. The first-order valence-electron chi connectivity index (χ1n) is 12.6. The number of aromatic hydroxyl groups is 2. The lowest BCUT2D eigenvalue weighted by Crippen LogP contribution is -2.41. The fraction of sp³-hybridized carbons (Fsp3) is 0.367. The Labute approximate surface area is 227 Å². The molecule has 0 fully saturated rings. The Morgan fingerprint density at radius 2 is 1.74 bits per heavy atom. The van der Waals surface area contributed by atoms with Crippen LogP contribution < -0.4 is 10.1 Å². The number of halogens is 1.